The summed E-state index contributed by atoms with van der Waals surface area (Å²) in [5.41, 5.74) is 0. The van der Waals surface area contributed by atoms with Crippen molar-refractivity contribution in [2.45, 2.75) is 110 Å². The second kappa shape index (κ2) is 23.4. The molecule has 0 spiro atoms. The van der Waals surface area contributed by atoms with Crippen LogP contribution in [0, 0.1) is 0 Å². The number of carbonyl (C=O) groups is 1. The van der Waals surface area contributed by atoms with E-state index in [0.29, 0.717) is 6.42 Å². The Hall–Kier alpha value is 0.144. The molecule has 0 aliphatic rings. The molecule has 0 unspecified atom stereocenters. The van der Waals surface area contributed by atoms with Gasteiger partial charge in [-0.25, -0.2) is 0 Å². The van der Waals surface area contributed by atoms with E-state index in [4.69, 9.17) is 8.79 Å². The normalized spacial score (nSPS) is 10.0. The molecule has 0 aromatic carbocycles. The van der Waals surface area contributed by atoms with Crippen LogP contribution in [0.4, 0.5) is 0 Å². The SMILES string of the molecule is CCCCCCCCCCCCCCCCCC(=O)O.[OH][Ti]. The van der Waals surface area contributed by atoms with Gasteiger partial charge in [0.1, 0.15) is 0 Å². The van der Waals surface area contributed by atoms with Crippen molar-refractivity contribution >= 4 is 5.97 Å². The van der Waals surface area contributed by atoms with Gasteiger partial charge >= 0.3 is 30.5 Å². The number of rotatable bonds is 16. The summed E-state index contributed by atoms with van der Waals surface area (Å²) in [5.74, 6) is -0.653. The molecule has 22 heavy (non-hydrogen) atoms. The van der Waals surface area contributed by atoms with Gasteiger partial charge in [-0.3, -0.25) is 4.79 Å². The molecule has 0 aromatic heterocycles. The van der Waals surface area contributed by atoms with Gasteiger partial charge in [-0.15, -0.1) is 0 Å². The van der Waals surface area contributed by atoms with Crippen molar-refractivity contribution in [2.24, 2.45) is 0 Å². The van der Waals surface area contributed by atoms with E-state index in [9.17, 15) is 4.79 Å². The molecule has 0 saturated heterocycles. The average molecular weight is 349 g/mol. The van der Waals surface area contributed by atoms with Gasteiger partial charge in [0, 0.05) is 6.42 Å². The Morgan fingerprint density at radius 3 is 1.18 bits per heavy atom. The third-order valence-corrected chi connectivity index (χ3v) is 3.99. The van der Waals surface area contributed by atoms with Crippen LogP contribution < -0.4 is 0 Å². The summed E-state index contributed by atoms with van der Waals surface area (Å²) in [4.78, 5) is 10.3. The van der Waals surface area contributed by atoms with Gasteiger partial charge < -0.3 is 5.11 Å². The van der Waals surface area contributed by atoms with Gasteiger partial charge in [0.15, 0.2) is 0 Å². The molecule has 0 atom stereocenters. The Labute approximate surface area is 150 Å². The van der Waals surface area contributed by atoms with E-state index in [1.165, 1.54) is 83.5 Å². The van der Waals surface area contributed by atoms with E-state index in [2.05, 4.69) is 6.92 Å². The molecule has 0 bridgehead atoms. The second-order valence-electron chi connectivity index (χ2n) is 6.09. The van der Waals surface area contributed by atoms with Gasteiger partial charge in [-0.2, -0.15) is 0 Å². The first-order chi connectivity index (χ1) is 10.8. The fourth-order valence-electron chi connectivity index (χ4n) is 2.65. The Bertz CT molecular complexity index is 211. The van der Waals surface area contributed by atoms with Crippen molar-refractivity contribution in [1.29, 1.82) is 0 Å². The van der Waals surface area contributed by atoms with Crippen LogP contribution in [0.1, 0.15) is 110 Å². The zero-order valence-corrected chi connectivity index (χ0v) is 16.2. The van der Waals surface area contributed by atoms with Gasteiger partial charge in [0.2, 0.25) is 0 Å². The van der Waals surface area contributed by atoms with Crippen molar-refractivity contribution in [3.05, 3.63) is 0 Å². The van der Waals surface area contributed by atoms with Crippen LogP contribution in [0.15, 0.2) is 0 Å². The van der Waals surface area contributed by atoms with Crippen LogP contribution in [0.25, 0.3) is 0 Å². The van der Waals surface area contributed by atoms with Crippen LogP contribution in [-0.2, 0) is 25.6 Å². The topological polar surface area (TPSA) is 57.5 Å². The molecular weight excluding hydrogens is 312 g/mol. The molecular formula is C18H37O3Ti. The molecule has 3 nitrogen and oxygen atoms in total. The quantitative estimate of drug-likeness (QED) is 0.275. The molecule has 4 heteroatoms. The van der Waals surface area contributed by atoms with Crippen LogP contribution in [0.5, 0.6) is 0 Å². The first-order valence-electron chi connectivity index (χ1n) is 9.21. The van der Waals surface area contributed by atoms with Crippen LogP contribution in [0.2, 0.25) is 0 Å². The second-order valence-corrected chi connectivity index (χ2v) is 6.09. The molecule has 0 rings (SSSR count). The third kappa shape index (κ3) is 25.1. The number of aliphatic carboxylic acids is 1. The summed E-state index contributed by atoms with van der Waals surface area (Å²) in [6.07, 6.45) is 20.2. The first kappa shape index (κ1) is 24.4. The molecule has 0 heterocycles. The number of unbranched alkanes of at least 4 members (excludes halogenated alkanes) is 14. The molecule has 0 fully saturated rings. The van der Waals surface area contributed by atoms with E-state index in [0.717, 1.165) is 33.7 Å². The van der Waals surface area contributed by atoms with E-state index < -0.39 is 5.97 Å². The molecule has 131 valence electrons. The minimum absolute atomic E-state index is 0.345. The van der Waals surface area contributed by atoms with Crippen molar-refractivity contribution in [3.8, 4) is 0 Å². The Kier molecular flexibility index (Phi) is 26.0. The van der Waals surface area contributed by atoms with Gasteiger partial charge in [-0.05, 0) is 6.42 Å². The predicted molar refractivity (Wildman–Crippen MR) is 89.4 cm³/mol. The van der Waals surface area contributed by atoms with Crippen molar-refractivity contribution in [1.82, 2.24) is 0 Å². The standard InChI is InChI=1S/C18H36O2.H2O.Ti/c1-2-3-4-5-6-7-8-9-10-11-12-13-14-15-16-17-18(19)20;;/h2-17H2,1H3,(H,19,20);1H2;/q;;+1/p-1. The van der Waals surface area contributed by atoms with Crippen molar-refractivity contribution in [3.63, 3.8) is 0 Å². The van der Waals surface area contributed by atoms with Crippen molar-refractivity contribution in [2.75, 3.05) is 0 Å². The van der Waals surface area contributed by atoms with Crippen LogP contribution in [0.3, 0.4) is 0 Å². The Morgan fingerprint density at radius 1 is 0.636 bits per heavy atom. The summed E-state index contributed by atoms with van der Waals surface area (Å²) >= 11 is 1.00. The fourth-order valence-corrected chi connectivity index (χ4v) is 2.65. The zero-order chi connectivity index (χ0) is 16.9. The molecule has 0 aliphatic heterocycles. The molecule has 0 saturated carbocycles. The number of hydrogen-bond donors (Lipinski definition) is 2. The molecule has 0 amide bonds. The van der Waals surface area contributed by atoms with Crippen LogP contribution in [-0.4, -0.2) is 14.8 Å². The summed E-state index contributed by atoms with van der Waals surface area (Å²) in [5, 5.41) is 8.52. The fraction of sp³-hybridized carbons (Fsp3) is 0.944. The minimum atomic E-state index is -0.653. The Morgan fingerprint density at radius 2 is 0.909 bits per heavy atom. The van der Waals surface area contributed by atoms with E-state index in [-0.39, 0.29) is 0 Å². The number of carboxylic acids is 1. The van der Waals surface area contributed by atoms with Gasteiger partial charge in [0.05, 0.1) is 0 Å². The zero-order valence-electron chi connectivity index (χ0n) is 14.6. The van der Waals surface area contributed by atoms with E-state index in [1.807, 2.05) is 0 Å². The molecule has 0 aliphatic carbocycles. The van der Waals surface area contributed by atoms with E-state index >= 15 is 0 Å². The monoisotopic (exact) mass is 349 g/mol. The Balaban J connectivity index is 0. The average Bonchev–Trinajstić information content (AvgIpc) is 2.53. The predicted octanol–water partition coefficient (Wildman–Crippen LogP) is 5.77. The molecule has 0 aromatic rings. The summed E-state index contributed by atoms with van der Waals surface area (Å²) in [6, 6.07) is 0. The third-order valence-electron chi connectivity index (χ3n) is 3.99. The van der Waals surface area contributed by atoms with Crippen LogP contribution >= 0.6 is 0 Å². The van der Waals surface area contributed by atoms with Gasteiger partial charge in [0.25, 0.3) is 0 Å². The maximum absolute atomic E-state index is 10.3. The molecule has 0 radical (unpaired) electrons. The summed E-state index contributed by atoms with van der Waals surface area (Å²) in [6.45, 7) is 2.27. The van der Waals surface area contributed by atoms with E-state index in [1.54, 1.807) is 0 Å². The summed E-state index contributed by atoms with van der Waals surface area (Å²) < 4.78 is 7.00. The number of hydrogen-bond acceptors (Lipinski definition) is 2. The summed E-state index contributed by atoms with van der Waals surface area (Å²) in [7, 11) is 0. The first-order valence-corrected chi connectivity index (χ1v) is 9.91. The van der Waals surface area contributed by atoms with Gasteiger partial charge in [-0.1, -0.05) is 96.8 Å². The van der Waals surface area contributed by atoms with Crippen molar-refractivity contribution < 1.29 is 34.4 Å². The molecule has 2 N–H and O–H groups in total. The maximum atomic E-state index is 10.3. The number of carboxylic acid groups (broad SMARTS) is 1.